The van der Waals surface area contributed by atoms with Gasteiger partial charge >= 0.3 is 0 Å². The highest BCUT2D eigenvalue weighted by Crippen LogP contribution is 2.22. The zero-order valence-corrected chi connectivity index (χ0v) is 9.36. The minimum absolute atomic E-state index is 0.607. The lowest BCUT2D eigenvalue weighted by molar-refractivity contribution is 0.909. The van der Waals surface area contributed by atoms with E-state index >= 15 is 0 Å². The first-order chi connectivity index (χ1) is 7.15. The van der Waals surface area contributed by atoms with Crippen molar-refractivity contribution in [1.82, 2.24) is 9.38 Å². The highest BCUT2D eigenvalue weighted by Gasteiger charge is 2.10. The number of imidazole rings is 1. The maximum atomic E-state index is 5.87. The average molecular weight is 204 g/mol. The number of nitrogen functional groups attached to an aromatic ring is 1. The first-order valence-corrected chi connectivity index (χ1v) is 5.08. The zero-order chi connectivity index (χ0) is 11.0. The van der Waals surface area contributed by atoms with Crippen molar-refractivity contribution >= 4 is 17.2 Å². The number of nitrogens with two attached hydrogens (primary N) is 1. The molecular weight excluding hydrogens is 188 g/mol. The number of aromatic nitrogens is 2. The molecule has 80 valence electrons. The molecular formula is C11H16N4. The Kier molecular flexibility index (Phi) is 2.26. The predicted octanol–water partition coefficient (Wildman–Crippen LogP) is 1.54. The van der Waals surface area contributed by atoms with Crippen LogP contribution in [0.15, 0.2) is 18.2 Å². The number of hydrogen-bond donors (Lipinski definition) is 1. The van der Waals surface area contributed by atoms with Crippen molar-refractivity contribution in [2.75, 3.05) is 24.7 Å². The van der Waals surface area contributed by atoms with Crippen molar-refractivity contribution in [3.8, 4) is 0 Å². The molecule has 0 spiro atoms. The molecule has 0 aliphatic carbocycles. The third kappa shape index (κ3) is 1.42. The Morgan fingerprint density at radius 3 is 2.73 bits per heavy atom. The number of aryl methyl sites for hydroxylation is 1. The Morgan fingerprint density at radius 2 is 2.13 bits per heavy atom. The lowest BCUT2D eigenvalue weighted by Gasteiger charge is -2.15. The Morgan fingerprint density at radius 1 is 1.40 bits per heavy atom. The molecule has 0 saturated heterocycles. The quantitative estimate of drug-likeness (QED) is 0.807. The van der Waals surface area contributed by atoms with Gasteiger partial charge in [-0.15, -0.1) is 0 Å². The summed E-state index contributed by atoms with van der Waals surface area (Å²) in [6, 6.07) is 6.06. The van der Waals surface area contributed by atoms with Gasteiger partial charge in [0.05, 0.1) is 5.52 Å². The molecule has 0 aromatic carbocycles. The molecule has 2 N–H and O–H groups in total. The second-order valence-corrected chi connectivity index (χ2v) is 3.77. The molecule has 0 amide bonds. The van der Waals surface area contributed by atoms with E-state index in [2.05, 4.69) is 27.3 Å². The van der Waals surface area contributed by atoms with E-state index in [4.69, 9.17) is 5.73 Å². The maximum absolute atomic E-state index is 5.87. The van der Waals surface area contributed by atoms with Crippen LogP contribution in [-0.2, 0) is 6.42 Å². The standard InChI is InChI=1S/C11H16N4/c1-4-9-13-11(12)8-6-5-7-10(14(2)3)15(8)9/h5-7H,4,12H2,1-3H3. The van der Waals surface area contributed by atoms with E-state index in [1.807, 2.05) is 26.2 Å². The molecule has 0 saturated carbocycles. The van der Waals surface area contributed by atoms with Crippen LogP contribution in [0.5, 0.6) is 0 Å². The summed E-state index contributed by atoms with van der Waals surface area (Å²) < 4.78 is 2.11. The highest BCUT2D eigenvalue weighted by molar-refractivity contribution is 5.70. The fraction of sp³-hybridized carbons (Fsp3) is 0.364. The highest BCUT2D eigenvalue weighted by atomic mass is 15.2. The Hall–Kier alpha value is -1.71. The molecule has 2 aromatic rings. The molecule has 0 bridgehead atoms. The summed E-state index contributed by atoms with van der Waals surface area (Å²) in [5.74, 6) is 2.72. The normalized spacial score (nSPS) is 10.9. The van der Waals surface area contributed by atoms with E-state index in [1.165, 1.54) is 0 Å². The minimum atomic E-state index is 0.607. The van der Waals surface area contributed by atoms with Gasteiger partial charge in [-0.2, -0.15) is 0 Å². The van der Waals surface area contributed by atoms with Crippen molar-refractivity contribution in [3.63, 3.8) is 0 Å². The molecule has 2 heterocycles. The van der Waals surface area contributed by atoms with Crippen LogP contribution in [0, 0.1) is 0 Å². The van der Waals surface area contributed by atoms with Crippen LogP contribution in [0.2, 0.25) is 0 Å². The first-order valence-electron chi connectivity index (χ1n) is 5.08. The van der Waals surface area contributed by atoms with Crippen molar-refractivity contribution in [2.24, 2.45) is 0 Å². The van der Waals surface area contributed by atoms with Gasteiger partial charge in [0.2, 0.25) is 0 Å². The molecule has 0 unspecified atom stereocenters. The number of nitrogens with zero attached hydrogens (tertiary/aromatic N) is 3. The van der Waals surface area contributed by atoms with Crippen LogP contribution in [0.3, 0.4) is 0 Å². The monoisotopic (exact) mass is 204 g/mol. The Balaban J connectivity index is 2.82. The molecule has 0 aliphatic rings. The second-order valence-electron chi connectivity index (χ2n) is 3.77. The topological polar surface area (TPSA) is 46.6 Å². The van der Waals surface area contributed by atoms with Gasteiger partial charge in [-0.05, 0) is 12.1 Å². The van der Waals surface area contributed by atoms with Crippen LogP contribution in [0.25, 0.3) is 5.52 Å². The third-order valence-corrected chi connectivity index (χ3v) is 2.51. The van der Waals surface area contributed by atoms with Crippen molar-refractivity contribution in [3.05, 3.63) is 24.0 Å². The van der Waals surface area contributed by atoms with Crippen molar-refractivity contribution in [1.29, 1.82) is 0 Å². The Bertz CT molecular complexity index is 485. The fourth-order valence-electron chi connectivity index (χ4n) is 1.80. The van der Waals surface area contributed by atoms with Gasteiger partial charge in [-0.25, -0.2) is 4.98 Å². The minimum Gasteiger partial charge on any atom is -0.382 e. The van der Waals surface area contributed by atoms with E-state index in [-0.39, 0.29) is 0 Å². The smallest absolute Gasteiger partial charge is 0.149 e. The molecule has 4 nitrogen and oxygen atoms in total. The summed E-state index contributed by atoms with van der Waals surface area (Å²) in [4.78, 5) is 6.43. The molecule has 0 radical (unpaired) electrons. The van der Waals surface area contributed by atoms with E-state index in [1.54, 1.807) is 0 Å². The zero-order valence-electron chi connectivity index (χ0n) is 9.36. The van der Waals surface area contributed by atoms with Gasteiger partial charge in [0.1, 0.15) is 17.5 Å². The molecule has 2 rings (SSSR count). The predicted molar refractivity (Wildman–Crippen MR) is 63.3 cm³/mol. The summed E-state index contributed by atoms with van der Waals surface area (Å²) >= 11 is 0. The van der Waals surface area contributed by atoms with Crippen molar-refractivity contribution in [2.45, 2.75) is 13.3 Å². The van der Waals surface area contributed by atoms with Gasteiger partial charge in [0, 0.05) is 20.5 Å². The van der Waals surface area contributed by atoms with Gasteiger partial charge in [-0.3, -0.25) is 4.40 Å². The maximum Gasteiger partial charge on any atom is 0.149 e. The SMILES string of the molecule is CCc1nc(N)c2cccc(N(C)C)n12. The Labute approximate surface area is 89.3 Å². The van der Waals surface area contributed by atoms with E-state index in [9.17, 15) is 0 Å². The number of fused-ring (bicyclic) bond motifs is 1. The molecule has 0 aliphatic heterocycles. The van der Waals surface area contributed by atoms with Gasteiger partial charge in [-0.1, -0.05) is 13.0 Å². The lowest BCUT2D eigenvalue weighted by Crippen LogP contribution is -2.13. The summed E-state index contributed by atoms with van der Waals surface area (Å²) in [5.41, 5.74) is 6.86. The summed E-state index contributed by atoms with van der Waals surface area (Å²) in [6.45, 7) is 2.08. The summed E-state index contributed by atoms with van der Waals surface area (Å²) in [6.07, 6.45) is 0.878. The van der Waals surface area contributed by atoms with Crippen LogP contribution in [0.4, 0.5) is 11.6 Å². The summed E-state index contributed by atoms with van der Waals surface area (Å²) in [5, 5.41) is 0. The largest absolute Gasteiger partial charge is 0.382 e. The number of rotatable bonds is 2. The van der Waals surface area contributed by atoms with Crippen LogP contribution in [0.1, 0.15) is 12.7 Å². The van der Waals surface area contributed by atoms with Crippen LogP contribution < -0.4 is 10.6 Å². The second kappa shape index (κ2) is 3.46. The lowest BCUT2D eigenvalue weighted by atomic mass is 10.3. The fourth-order valence-corrected chi connectivity index (χ4v) is 1.80. The molecule has 15 heavy (non-hydrogen) atoms. The average Bonchev–Trinajstić information content (AvgIpc) is 2.55. The van der Waals surface area contributed by atoms with Gasteiger partial charge in [0.15, 0.2) is 0 Å². The number of anilines is 2. The number of hydrogen-bond acceptors (Lipinski definition) is 3. The van der Waals surface area contributed by atoms with Crippen molar-refractivity contribution < 1.29 is 0 Å². The van der Waals surface area contributed by atoms with Crippen LogP contribution in [-0.4, -0.2) is 23.5 Å². The molecule has 2 aromatic heterocycles. The van der Waals surface area contributed by atoms with Gasteiger partial charge in [0.25, 0.3) is 0 Å². The van der Waals surface area contributed by atoms with E-state index in [0.717, 1.165) is 23.6 Å². The van der Waals surface area contributed by atoms with E-state index < -0.39 is 0 Å². The first kappa shape index (κ1) is 9.83. The van der Waals surface area contributed by atoms with Gasteiger partial charge < -0.3 is 10.6 Å². The molecule has 0 atom stereocenters. The third-order valence-electron chi connectivity index (χ3n) is 2.51. The number of pyridine rings is 1. The van der Waals surface area contributed by atoms with E-state index in [0.29, 0.717) is 5.82 Å². The molecule has 4 heteroatoms. The summed E-state index contributed by atoms with van der Waals surface area (Å²) in [7, 11) is 4.04. The van der Waals surface area contributed by atoms with Crippen LogP contribution >= 0.6 is 0 Å². The molecule has 0 fully saturated rings.